The van der Waals surface area contributed by atoms with Gasteiger partial charge in [-0.15, -0.1) is 0 Å². The Balaban J connectivity index is 1.70. The molecule has 2 heterocycles. The molecule has 0 fully saturated rings. The lowest BCUT2D eigenvalue weighted by Gasteiger charge is -2.12. The highest BCUT2D eigenvalue weighted by Gasteiger charge is 2.17. The molecular weight excluding hydrogens is 352 g/mol. The summed E-state index contributed by atoms with van der Waals surface area (Å²) < 4.78 is 7.72. The first-order chi connectivity index (χ1) is 13.5. The normalized spacial score (nSPS) is 10.9. The van der Waals surface area contributed by atoms with Gasteiger partial charge >= 0.3 is 0 Å². The zero-order valence-electron chi connectivity index (χ0n) is 16.8. The molecule has 3 aromatic rings. The van der Waals surface area contributed by atoms with Crippen molar-refractivity contribution in [2.75, 3.05) is 32.6 Å². The third kappa shape index (κ3) is 4.58. The van der Waals surface area contributed by atoms with Gasteiger partial charge in [-0.25, -0.2) is 0 Å². The van der Waals surface area contributed by atoms with Crippen LogP contribution in [0.5, 0.6) is 5.75 Å². The highest BCUT2D eigenvalue weighted by atomic mass is 16.5. The van der Waals surface area contributed by atoms with Crippen LogP contribution in [0.3, 0.4) is 0 Å². The number of carbonyl (C=O) groups is 1. The molecule has 0 bridgehead atoms. The van der Waals surface area contributed by atoms with Crippen LogP contribution < -0.4 is 10.1 Å². The first-order valence-corrected chi connectivity index (χ1v) is 9.24. The number of nitrogens with zero attached hydrogens (tertiary/aromatic N) is 3. The maximum absolute atomic E-state index is 12.8. The summed E-state index contributed by atoms with van der Waals surface area (Å²) in [6.07, 6.45) is 3.52. The summed E-state index contributed by atoms with van der Waals surface area (Å²) >= 11 is 0. The third-order valence-electron chi connectivity index (χ3n) is 4.50. The van der Waals surface area contributed by atoms with Gasteiger partial charge in [-0.05, 0) is 70.4 Å². The fourth-order valence-electron chi connectivity index (χ4n) is 3.06. The topological polar surface area (TPSA) is 59.4 Å². The minimum Gasteiger partial charge on any atom is -0.492 e. The lowest BCUT2D eigenvalue weighted by Crippen LogP contribution is -2.19. The van der Waals surface area contributed by atoms with Crippen LogP contribution in [0.2, 0.25) is 0 Å². The third-order valence-corrected chi connectivity index (χ3v) is 4.50. The van der Waals surface area contributed by atoms with E-state index in [0.717, 1.165) is 35.1 Å². The van der Waals surface area contributed by atoms with E-state index in [2.05, 4.69) is 15.2 Å². The number of carbonyl (C=O) groups excluding carboxylic acids is 1. The summed E-state index contributed by atoms with van der Waals surface area (Å²) in [6.45, 7) is 5.40. The fraction of sp³-hybridized carbons (Fsp3) is 0.273. The Morgan fingerprint density at radius 1 is 1.18 bits per heavy atom. The Morgan fingerprint density at radius 2 is 1.93 bits per heavy atom. The number of hydrogen-bond acceptors (Lipinski definition) is 4. The van der Waals surface area contributed by atoms with Crippen molar-refractivity contribution in [2.24, 2.45) is 0 Å². The summed E-state index contributed by atoms with van der Waals surface area (Å²) in [6, 6.07) is 13.2. The van der Waals surface area contributed by atoms with Crippen molar-refractivity contribution in [3.05, 3.63) is 71.8 Å². The number of aryl methyl sites for hydroxylation is 1. The van der Waals surface area contributed by atoms with Crippen LogP contribution in [-0.2, 0) is 0 Å². The van der Waals surface area contributed by atoms with Crippen LogP contribution in [0, 0.1) is 13.8 Å². The predicted molar refractivity (Wildman–Crippen MR) is 111 cm³/mol. The lowest BCUT2D eigenvalue weighted by atomic mass is 10.2. The number of anilines is 1. The van der Waals surface area contributed by atoms with Gasteiger partial charge in [-0.3, -0.25) is 9.78 Å². The van der Waals surface area contributed by atoms with Crippen LogP contribution in [0.4, 0.5) is 5.69 Å². The maximum Gasteiger partial charge on any atom is 0.257 e. The number of aromatic nitrogens is 2. The molecule has 1 N–H and O–H groups in total. The highest BCUT2D eigenvalue weighted by molar-refractivity contribution is 6.05. The molecule has 6 heteroatoms. The summed E-state index contributed by atoms with van der Waals surface area (Å²) in [7, 11) is 4.01. The number of pyridine rings is 1. The van der Waals surface area contributed by atoms with E-state index in [0.29, 0.717) is 12.2 Å². The monoisotopic (exact) mass is 378 g/mol. The smallest absolute Gasteiger partial charge is 0.257 e. The van der Waals surface area contributed by atoms with Crippen molar-refractivity contribution in [2.45, 2.75) is 13.8 Å². The molecule has 0 aliphatic carbocycles. The maximum atomic E-state index is 12.8. The number of benzene rings is 1. The second-order valence-corrected chi connectivity index (χ2v) is 6.96. The van der Waals surface area contributed by atoms with Crippen molar-refractivity contribution in [3.63, 3.8) is 0 Å². The molecule has 1 aromatic carbocycles. The minimum atomic E-state index is -0.135. The number of amides is 1. The standard InChI is InChI=1S/C22H26N4O2/c1-16-14-21(17(2)26(16)19-6-5-11-23-15-19)22(27)24-18-7-9-20(10-8-18)28-13-12-25(3)4/h5-11,14-15H,12-13H2,1-4H3,(H,24,27). The number of nitrogens with one attached hydrogen (secondary N) is 1. The van der Waals surface area contributed by atoms with Gasteiger partial charge in [0.2, 0.25) is 0 Å². The van der Waals surface area contributed by atoms with E-state index in [1.165, 1.54) is 0 Å². The molecule has 0 radical (unpaired) electrons. The van der Waals surface area contributed by atoms with Crippen LogP contribution >= 0.6 is 0 Å². The van der Waals surface area contributed by atoms with Gasteiger partial charge < -0.3 is 19.5 Å². The van der Waals surface area contributed by atoms with Crippen molar-refractivity contribution in [1.82, 2.24) is 14.5 Å². The predicted octanol–water partition coefficient (Wildman–Crippen LogP) is 3.68. The second-order valence-electron chi connectivity index (χ2n) is 6.96. The zero-order chi connectivity index (χ0) is 20.1. The lowest BCUT2D eigenvalue weighted by molar-refractivity contribution is 0.102. The molecule has 146 valence electrons. The van der Waals surface area contributed by atoms with Crippen molar-refractivity contribution < 1.29 is 9.53 Å². The van der Waals surface area contributed by atoms with Gasteiger partial charge in [-0.1, -0.05) is 0 Å². The summed E-state index contributed by atoms with van der Waals surface area (Å²) in [5.41, 5.74) is 4.19. The average Bonchev–Trinajstić information content (AvgIpc) is 2.98. The average molecular weight is 378 g/mol. The summed E-state index contributed by atoms with van der Waals surface area (Å²) in [5, 5.41) is 2.96. The quantitative estimate of drug-likeness (QED) is 0.681. The fourth-order valence-corrected chi connectivity index (χ4v) is 3.06. The molecule has 0 spiro atoms. The van der Waals surface area contributed by atoms with Gasteiger partial charge in [0.05, 0.1) is 17.4 Å². The summed E-state index contributed by atoms with van der Waals surface area (Å²) in [4.78, 5) is 19.0. The first kappa shape index (κ1) is 19.6. The molecule has 6 nitrogen and oxygen atoms in total. The van der Waals surface area contributed by atoms with E-state index in [4.69, 9.17) is 4.74 Å². The van der Waals surface area contributed by atoms with Crippen molar-refractivity contribution >= 4 is 11.6 Å². The molecule has 0 aliphatic heterocycles. The molecule has 0 saturated carbocycles. The van der Waals surface area contributed by atoms with Crippen molar-refractivity contribution in [3.8, 4) is 11.4 Å². The Kier molecular flexibility index (Phi) is 6.11. The number of ether oxygens (including phenoxy) is 1. The number of likely N-dealkylation sites (N-methyl/N-ethyl adjacent to an activating group) is 1. The molecule has 2 aromatic heterocycles. The van der Waals surface area contributed by atoms with Gasteiger partial charge in [-0.2, -0.15) is 0 Å². The van der Waals surface area contributed by atoms with Crippen LogP contribution in [0.1, 0.15) is 21.7 Å². The molecule has 28 heavy (non-hydrogen) atoms. The van der Waals surface area contributed by atoms with Gasteiger partial charge in [0.1, 0.15) is 12.4 Å². The minimum absolute atomic E-state index is 0.135. The molecule has 0 atom stereocenters. The van der Waals surface area contributed by atoms with Crippen molar-refractivity contribution in [1.29, 1.82) is 0 Å². The number of rotatable bonds is 7. The molecule has 3 rings (SSSR count). The van der Waals surface area contributed by atoms with Gasteiger partial charge in [0.25, 0.3) is 5.91 Å². The zero-order valence-corrected chi connectivity index (χ0v) is 16.8. The SMILES string of the molecule is Cc1cc(C(=O)Nc2ccc(OCCN(C)C)cc2)c(C)n1-c1cccnc1. The van der Waals surface area contributed by atoms with E-state index in [9.17, 15) is 4.79 Å². The Hall–Kier alpha value is -3.12. The van der Waals surface area contributed by atoms with Gasteiger partial charge in [0, 0.05) is 29.8 Å². The van der Waals surface area contributed by atoms with E-state index >= 15 is 0 Å². The summed E-state index contributed by atoms with van der Waals surface area (Å²) in [5.74, 6) is 0.652. The van der Waals surface area contributed by atoms with Crippen LogP contribution in [-0.4, -0.2) is 47.6 Å². The van der Waals surface area contributed by atoms with Crippen LogP contribution in [0.15, 0.2) is 54.9 Å². The molecule has 1 amide bonds. The largest absolute Gasteiger partial charge is 0.492 e. The Labute approximate surface area is 165 Å². The molecular formula is C22H26N4O2. The Bertz CT molecular complexity index is 931. The van der Waals surface area contributed by atoms with Gasteiger partial charge in [0.15, 0.2) is 0 Å². The molecule has 0 unspecified atom stereocenters. The van der Waals surface area contributed by atoms with E-state index in [1.54, 1.807) is 12.4 Å². The molecule has 0 saturated heterocycles. The van der Waals surface area contributed by atoms with Crippen LogP contribution in [0.25, 0.3) is 5.69 Å². The highest BCUT2D eigenvalue weighted by Crippen LogP contribution is 2.22. The second kappa shape index (κ2) is 8.71. The first-order valence-electron chi connectivity index (χ1n) is 9.24. The van der Waals surface area contributed by atoms with E-state index < -0.39 is 0 Å². The van der Waals surface area contributed by atoms with E-state index in [-0.39, 0.29) is 5.91 Å². The number of hydrogen-bond donors (Lipinski definition) is 1. The Morgan fingerprint density at radius 3 is 2.57 bits per heavy atom. The molecule has 0 aliphatic rings. The van der Waals surface area contributed by atoms with E-state index in [1.807, 2.05) is 75.0 Å².